The van der Waals surface area contributed by atoms with Gasteiger partial charge in [-0.3, -0.25) is 14.5 Å². The van der Waals surface area contributed by atoms with Gasteiger partial charge in [0.1, 0.15) is 0 Å². The second-order valence-electron chi connectivity index (χ2n) is 5.04. The number of likely N-dealkylation sites (N-methyl/N-ethyl adjacent to an activating group) is 1. The van der Waals surface area contributed by atoms with Gasteiger partial charge in [-0.2, -0.15) is 0 Å². The van der Waals surface area contributed by atoms with Crippen molar-refractivity contribution in [2.75, 3.05) is 32.6 Å². The first-order chi connectivity index (χ1) is 10.1. The number of anilines is 1. The number of hydrogen-bond acceptors (Lipinski definition) is 4. The molecule has 0 saturated carbocycles. The number of unbranched alkanes of at least 4 members (excludes halogenated alkanes) is 2. The molecule has 0 radical (unpaired) electrons. The predicted molar refractivity (Wildman–Crippen MR) is 83.1 cm³/mol. The molecule has 0 fully saturated rings. The van der Waals surface area contributed by atoms with Crippen molar-refractivity contribution >= 4 is 17.6 Å². The summed E-state index contributed by atoms with van der Waals surface area (Å²) >= 11 is 0. The van der Waals surface area contributed by atoms with E-state index < -0.39 is 0 Å². The standard InChI is InChI=1S/C16H24N2O3/c1-18(12-8-4-7-11-16(20)21-2)13-15(19)17-14-9-5-3-6-10-14/h3,5-6,9-10H,4,7-8,11-13H2,1-2H3,(H,17,19). The van der Waals surface area contributed by atoms with E-state index in [0.717, 1.165) is 31.5 Å². The average Bonchev–Trinajstić information content (AvgIpc) is 2.47. The lowest BCUT2D eigenvalue weighted by Gasteiger charge is -2.16. The third-order valence-electron chi connectivity index (χ3n) is 3.12. The highest BCUT2D eigenvalue weighted by molar-refractivity contribution is 5.92. The summed E-state index contributed by atoms with van der Waals surface area (Å²) in [5.41, 5.74) is 0.814. The van der Waals surface area contributed by atoms with Gasteiger partial charge in [-0.15, -0.1) is 0 Å². The lowest BCUT2D eigenvalue weighted by Crippen LogP contribution is -2.30. The molecular weight excluding hydrogens is 268 g/mol. The maximum Gasteiger partial charge on any atom is 0.305 e. The number of para-hydroxylation sites is 1. The molecule has 21 heavy (non-hydrogen) atoms. The Morgan fingerprint density at radius 3 is 2.52 bits per heavy atom. The van der Waals surface area contributed by atoms with Gasteiger partial charge in [-0.1, -0.05) is 24.6 Å². The smallest absolute Gasteiger partial charge is 0.305 e. The first kappa shape index (κ1) is 17.2. The predicted octanol–water partition coefficient (Wildman–Crippen LogP) is 2.29. The fourth-order valence-electron chi connectivity index (χ4n) is 1.98. The fraction of sp³-hybridized carbons (Fsp3) is 0.500. The summed E-state index contributed by atoms with van der Waals surface area (Å²) < 4.78 is 4.58. The molecule has 1 rings (SSSR count). The van der Waals surface area contributed by atoms with Gasteiger partial charge in [-0.05, 0) is 38.6 Å². The van der Waals surface area contributed by atoms with Crippen LogP contribution in [0, 0.1) is 0 Å². The van der Waals surface area contributed by atoms with Crippen molar-refractivity contribution in [1.82, 2.24) is 4.90 Å². The number of carbonyl (C=O) groups excluding carboxylic acids is 2. The van der Waals surface area contributed by atoms with E-state index in [4.69, 9.17) is 0 Å². The molecule has 0 aliphatic rings. The molecule has 0 spiro atoms. The molecule has 0 aliphatic heterocycles. The van der Waals surface area contributed by atoms with Crippen LogP contribution in [0.5, 0.6) is 0 Å². The Kier molecular flexibility index (Phi) is 8.12. The van der Waals surface area contributed by atoms with Crippen LogP contribution < -0.4 is 5.32 Å². The van der Waals surface area contributed by atoms with Gasteiger partial charge in [0, 0.05) is 12.1 Å². The Balaban J connectivity index is 2.11. The Bertz CT molecular complexity index is 434. The quantitative estimate of drug-likeness (QED) is 0.560. The van der Waals surface area contributed by atoms with Crippen LogP contribution in [0.15, 0.2) is 30.3 Å². The third kappa shape index (κ3) is 8.09. The molecule has 0 heterocycles. The molecule has 5 nitrogen and oxygen atoms in total. The molecular formula is C16H24N2O3. The lowest BCUT2D eigenvalue weighted by atomic mass is 10.2. The fourth-order valence-corrected chi connectivity index (χ4v) is 1.98. The van der Waals surface area contributed by atoms with E-state index in [2.05, 4.69) is 10.1 Å². The van der Waals surface area contributed by atoms with E-state index in [9.17, 15) is 9.59 Å². The van der Waals surface area contributed by atoms with Crippen LogP contribution in [0.25, 0.3) is 0 Å². The summed E-state index contributed by atoms with van der Waals surface area (Å²) in [5, 5.41) is 2.86. The van der Waals surface area contributed by atoms with E-state index in [1.165, 1.54) is 7.11 Å². The molecule has 5 heteroatoms. The topological polar surface area (TPSA) is 58.6 Å². The summed E-state index contributed by atoms with van der Waals surface area (Å²) in [6.07, 6.45) is 3.22. The van der Waals surface area contributed by atoms with E-state index in [-0.39, 0.29) is 11.9 Å². The van der Waals surface area contributed by atoms with Crippen LogP contribution in [0.3, 0.4) is 0 Å². The number of amides is 1. The van der Waals surface area contributed by atoms with Crippen LogP contribution in [-0.4, -0.2) is 44.0 Å². The van der Waals surface area contributed by atoms with Crippen molar-refractivity contribution in [1.29, 1.82) is 0 Å². The molecule has 0 aliphatic carbocycles. The van der Waals surface area contributed by atoms with Crippen LogP contribution in [0.4, 0.5) is 5.69 Å². The number of carbonyl (C=O) groups is 2. The van der Waals surface area contributed by atoms with Crippen LogP contribution in [0.1, 0.15) is 25.7 Å². The number of ether oxygens (including phenoxy) is 1. The summed E-state index contributed by atoms with van der Waals surface area (Å²) in [5.74, 6) is -0.177. The number of rotatable bonds is 9. The van der Waals surface area contributed by atoms with E-state index in [1.807, 2.05) is 42.3 Å². The number of esters is 1. The van der Waals surface area contributed by atoms with Gasteiger partial charge in [0.05, 0.1) is 13.7 Å². The van der Waals surface area contributed by atoms with Crippen molar-refractivity contribution in [2.45, 2.75) is 25.7 Å². The molecule has 0 aromatic heterocycles. The highest BCUT2D eigenvalue weighted by Crippen LogP contribution is 2.05. The minimum Gasteiger partial charge on any atom is -0.469 e. The van der Waals surface area contributed by atoms with Gasteiger partial charge in [0.25, 0.3) is 0 Å². The third-order valence-corrected chi connectivity index (χ3v) is 3.12. The van der Waals surface area contributed by atoms with Crippen molar-refractivity contribution in [3.63, 3.8) is 0 Å². The molecule has 0 saturated heterocycles. The van der Waals surface area contributed by atoms with Crippen molar-refractivity contribution in [3.05, 3.63) is 30.3 Å². The molecule has 1 N–H and O–H groups in total. The van der Waals surface area contributed by atoms with Gasteiger partial charge < -0.3 is 10.1 Å². The monoisotopic (exact) mass is 292 g/mol. The van der Waals surface area contributed by atoms with Gasteiger partial charge >= 0.3 is 5.97 Å². The van der Waals surface area contributed by atoms with E-state index >= 15 is 0 Å². The lowest BCUT2D eigenvalue weighted by molar-refractivity contribution is -0.140. The zero-order valence-electron chi connectivity index (χ0n) is 12.8. The minimum absolute atomic E-state index is 0.0155. The largest absolute Gasteiger partial charge is 0.469 e. The van der Waals surface area contributed by atoms with Crippen molar-refractivity contribution in [2.24, 2.45) is 0 Å². The molecule has 1 amide bonds. The number of nitrogens with one attached hydrogen (secondary N) is 1. The normalized spacial score (nSPS) is 10.4. The molecule has 1 aromatic carbocycles. The maximum absolute atomic E-state index is 11.8. The number of hydrogen-bond donors (Lipinski definition) is 1. The van der Waals surface area contributed by atoms with Crippen LogP contribution in [-0.2, 0) is 14.3 Å². The molecule has 0 bridgehead atoms. The Labute approximate surface area is 126 Å². The molecule has 0 atom stereocenters. The zero-order chi connectivity index (χ0) is 15.5. The van der Waals surface area contributed by atoms with Crippen molar-refractivity contribution in [3.8, 4) is 0 Å². The molecule has 1 aromatic rings. The number of nitrogens with zero attached hydrogens (tertiary/aromatic N) is 1. The van der Waals surface area contributed by atoms with Gasteiger partial charge in [0.15, 0.2) is 0 Å². The zero-order valence-corrected chi connectivity index (χ0v) is 12.8. The highest BCUT2D eigenvalue weighted by Gasteiger charge is 2.07. The van der Waals surface area contributed by atoms with Gasteiger partial charge in [0.2, 0.25) is 5.91 Å². The molecule has 116 valence electrons. The summed E-state index contributed by atoms with van der Waals surface area (Å²) in [7, 11) is 3.33. The second-order valence-corrected chi connectivity index (χ2v) is 5.04. The Hall–Kier alpha value is -1.88. The highest BCUT2D eigenvalue weighted by atomic mass is 16.5. The average molecular weight is 292 g/mol. The van der Waals surface area contributed by atoms with Gasteiger partial charge in [-0.25, -0.2) is 0 Å². The Morgan fingerprint density at radius 2 is 1.86 bits per heavy atom. The Morgan fingerprint density at radius 1 is 1.14 bits per heavy atom. The van der Waals surface area contributed by atoms with E-state index in [0.29, 0.717) is 13.0 Å². The number of benzene rings is 1. The maximum atomic E-state index is 11.8. The van der Waals surface area contributed by atoms with Crippen molar-refractivity contribution < 1.29 is 14.3 Å². The molecule has 0 unspecified atom stereocenters. The number of methoxy groups -OCH3 is 1. The SMILES string of the molecule is COC(=O)CCCCCN(C)CC(=O)Nc1ccccc1. The summed E-state index contributed by atoms with van der Waals surface area (Å²) in [4.78, 5) is 24.8. The minimum atomic E-state index is -0.161. The first-order valence-corrected chi connectivity index (χ1v) is 7.22. The summed E-state index contributed by atoms with van der Waals surface area (Å²) in [6.45, 7) is 1.20. The van der Waals surface area contributed by atoms with Crippen LogP contribution >= 0.6 is 0 Å². The summed E-state index contributed by atoms with van der Waals surface area (Å²) in [6, 6.07) is 9.42. The second kappa shape index (κ2) is 9.94. The first-order valence-electron chi connectivity index (χ1n) is 7.22. The van der Waals surface area contributed by atoms with E-state index in [1.54, 1.807) is 0 Å². The van der Waals surface area contributed by atoms with Crippen LogP contribution in [0.2, 0.25) is 0 Å².